The molecule has 6 heteroatoms. The van der Waals surface area contributed by atoms with Crippen molar-refractivity contribution in [3.8, 4) is 0 Å². The first kappa shape index (κ1) is 16.5. The minimum absolute atomic E-state index is 0.201. The molecule has 6 nitrogen and oxygen atoms in total. The highest BCUT2D eigenvalue weighted by atomic mass is 16.5. The molecule has 0 unspecified atom stereocenters. The van der Waals surface area contributed by atoms with Gasteiger partial charge in [-0.15, -0.1) is 0 Å². The molecule has 2 N–H and O–H groups in total. The molecule has 1 aromatic carbocycles. The van der Waals surface area contributed by atoms with Gasteiger partial charge >= 0.3 is 6.09 Å². The van der Waals surface area contributed by atoms with E-state index < -0.39 is 6.09 Å². The second kappa shape index (κ2) is 8.53. The molecule has 2 rings (SSSR count). The Morgan fingerprint density at radius 2 is 2.04 bits per heavy atom. The highest BCUT2D eigenvalue weighted by Crippen LogP contribution is 2.11. The molecule has 0 saturated heterocycles. The summed E-state index contributed by atoms with van der Waals surface area (Å²) in [7, 11) is 0. The van der Waals surface area contributed by atoms with Crippen molar-refractivity contribution < 1.29 is 14.3 Å². The van der Waals surface area contributed by atoms with Crippen molar-refractivity contribution in [1.82, 2.24) is 10.3 Å². The monoisotopic (exact) mass is 313 g/mol. The van der Waals surface area contributed by atoms with E-state index in [0.717, 1.165) is 5.69 Å². The van der Waals surface area contributed by atoms with Crippen LogP contribution in [0.5, 0.6) is 0 Å². The fraction of sp³-hybridized carbons (Fsp3) is 0.235. The van der Waals surface area contributed by atoms with Crippen LogP contribution in [0.3, 0.4) is 0 Å². The normalized spacial score (nSPS) is 9.96. The summed E-state index contributed by atoms with van der Waals surface area (Å²) >= 11 is 0. The SMILES string of the molecule is CCOC(=O)Nc1cccc(C(=O)NCCc2ccccn2)c1. The van der Waals surface area contributed by atoms with E-state index in [2.05, 4.69) is 15.6 Å². The van der Waals surface area contributed by atoms with Crippen molar-refractivity contribution in [2.75, 3.05) is 18.5 Å². The maximum absolute atomic E-state index is 12.1. The fourth-order valence-corrected chi connectivity index (χ4v) is 1.98. The minimum atomic E-state index is -0.541. The Balaban J connectivity index is 1.88. The third kappa shape index (κ3) is 5.43. The van der Waals surface area contributed by atoms with Gasteiger partial charge in [-0.3, -0.25) is 15.1 Å². The second-order valence-electron chi connectivity index (χ2n) is 4.75. The summed E-state index contributed by atoms with van der Waals surface area (Å²) in [6, 6.07) is 12.4. The Morgan fingerprint density at radius 1 is 1.17 bits per heavy atom. The highest BCUT2D eigenvalue weighted by molar-refractivity contribution is 5.96. The van der Waals surface area contributed by atoms with E-state index in [1.165, 1.54) is 0 Å². The average molecular weight is 313 g/mol. The largest absolute Gasteiger partial charge is 0.450 e. The summed E-state index contributed by atoms with van der Waals surface area (Å²) in [6.07, 6.45) is 1.84. The van der Waals surface area contributed by atoms with Crippen molar-refractivity contribution in [2.24, 2.45) is 0 Å². The lowest BCUT2D eigenvalue weighted by Crippen LogP contribution is -2.26. The van der Waals surface area contributed by atoms with Crippen molar-refractivity contribution >= 4 is 17.7 Å². The quantitative estimate of drug-likeness (QED) is 0.859. The number of nitrogens with one attached hydrogen (secondary N) is 2. The number of pyridine rings is 1. The van der Waals surface area contributed by atoms with Crippen LogP contribution in [-0.4, -0.2) is 30.1 Å². The van der Waals surface area contributed by atoms with Gasteiger partial charge in [0.2, 0.25) is 0 Å². The van der Waals surface area contributed by atoms with Crippen molar-refractivity contribution in [2.45, 2.75) is 13.3 Å². The summed E-state index contributed by atoms with van der Waals surface area (Å²) in [5.74, 6) is -0.201. The van der Waals surface area contributed by atoms with Gasteiger partial charge in [-0.1, -0.05) is 12.1 Å². The van der Waals surface area contributed by atoms with Gasteiger partial charge < -0.3 is 10.1 Å². The number of aromatic nitrogens is 1. The maximum atomic E-state index is 12.1. The first-order valence-electron chi connectivity index (χ1n) is 7.41. The molecule has 0 atom stereocenters. The maximum Gasteiger partial charge on any atom is 0.411 e. The Labute approximate surface area is 134 Å². The van der Waals surface area contributed by atoms with Crippen LogP contribution in [0.2, 0.25) is 0 Å². The predicted octanol–water partition coefficient (Wildman–Crippen LogP) is 2.62. The second-order valence-corrected chi connectivity index (χ2v) is 4.75. The number of ether oxygens (including phenoxy) is 1. The molecule has 0 aliphatic rings. The van der Waals surface area contributed by atoms with Crippen molar-refractivity contribution in [1.29, 1.82) is 0 Å². The van der Waals surface area contributed by atoms with Gasteiger partial charge in [0.15, 0.2) is 0 Å². The van der Waals surface area contributed by atoms with E-state index in [0.29, 0.717) is 30.8 Å². The number of hydrogen-bond acceptors (Lipinski definition) is 4. The lowest BCUT2D eigenvalue weighted by Gasteiger charge is -2.08. The zero-order valence-corrected chi connectivity index (χ0v) is 12.9. The third-order valence-electron chi connectivity index (χ3n) is 3.04. The van der Waals surface area contributed by atoms with Gasteiger partial charge in [0, 0.05) is 36.1 Å². The number of anilines is 1. The molecule has 120 valence electrons. The molecule has 0 fully saturated rings. The fourth-order valence-electron chi connectivity index (χ4n) is 1.98. The van der Waals surface area contributed by atoms with Crippen molar-refractivity contribution in [3.63, 3.8) is 0 Å². The molecule has 2 aromatic rings. The zero-order valence-electron chi connectivity index (χ0n) is 12.9. The number of hydrogen-bond donors (Lipinski definition) is 2. The molecule has 0 aliphatic heterocycles. The molecule has 0 spiro atoms. The van der Waals surface area contributed by atoms with Crippen LogP contribution in [0.4, 0.5) is 10.5 Å². The third-order valence-corrected chi connectivity index (χ3v) is 3.04. The summed E-state index contributed by atoms with van der Waals surface area (Å²) < 4.78 is 4.80. The predicted molar refractivity (Wildman–Crippen MR) is 87.4 cm³/mol. The lowest BCUT2D eigenvalue weighted by atomic mass is 10.2. The van der Waals surface area contributed by atoms with Gasteiger partial charge in [0.05, 0.1) is 6.61 Å². The molecule has 0 radical (unpaired) electrons. The average Bonchev–Trinajstić information content (AvgIpc) is 2.56. The van der Waals surface area contributed by atoms with E-state index in [1.54, 1.807) is 37.4 Å². The van der Waals surface area contributed by atoms with Crippen LogP contribution in [0.25, 0.3) is 0 Å². The number of carbonyl (C=O) groups excluding carboxylic acids is 2. The Bertz CT molecular complexity index is 659. The molecule has 1 heterocycles. The molecule has 1 aromatic heterocycles. The van der Waals surface area contributed by atoms with Gasteiger partial charge in [-0.25, -0.2) is 4.79 Å². The summed E-state index contributed by atoms with van der Waals surface area (Å²) in [6.45, 7) is 2.51. The Morgan fingerprint density at radius 3 is 2.78 bits per heavy atom. The molecular formula is C17H19N3O3. The highest BCUT2D eigenvalue weighted by Gasteiger charge is 2.08. The molecule has 0 aliphatic carbocycles. The van der Waals surface area contributed by atoms with Gasteiger partial charge in [0.25, 0.3) is 5.91 Å². The molecular weight excluding hydrogens is 294 g/mol. The summed E-state index contributed by atoms with van der Waals surface area (Å²) in [4.78, 5) is 27.7. The first-order valence-corrected chi connectivity index (χ1v) is 7.41. The van der Waals surface area contributed by atoms with E-state index in [1.807, 2.05) is 18.2 Å². The van der Waals surface area contributed by atoms with Gasteiger partial charge in [-0.2, -0.15) is 0 Å². The van der Waals surface area contributed by atoms with E-state index in [-0.39, 0.29) is 5.91 Å². The summed E-state index contributed by atoms with van der Waals surface area (Å²) in [5, 5.41) is 5.40. The van der Waals surface area contributed by atoms with Crippen LogP contribution in [-0.2, 0) is 11.2 Å². The molecule has 0 bridgehead atoms. The van der Waals surface area contributed by atoms with E-state index in [9.17, 15) is 9.59 Å². The van der Waals surface area contributed by atoms with Crippen LogP contribution in [0, 0.1) is 0 Å². The molecule has 0 saturated carbocycles. The minimum Gasteiger partial charge on any atom is -0.450 e. The zero-order chi connectivity index (χ0) is 16.5. The number of amides is 2. The Hall–Kier alpha value is -2.89. The van der Waals surface area contributed by atoms with Crippen LogP contribution < -0.4 is 10.6 Å². The van der Waals surface area contributed by atoms with Crippen LogP contribution in [0.1, 0.15) is 23.0 Å². The lowest BCUT2D eigenvalue weighted by molar-refractivity contribution is 0.0954. The molecule has 23 heavy (non-hydrogen) atoms. The molecule has 2 amide bonds. The van der Waals surface area contributed by atoms with Gasteiger partial charge in [-0.05, 0) is 37.3 Å². The van der Waals surface area contributed by atoms with Crippen LogP contribution >= 0.6 is 0 Å². The van der Waals surface area contributed by atoms with Crippen LogP contribution in [0.15, 0.2) is 48.7 Å². The number of carbonyl (C=O) groups is 2. The first-order chi connectivity index (χ1) is 11.2. The van der Waals surface area contributed by atoms with Crippen molar-refractivity contribution in [3.05, 3.63) is 59.9 Å². The standard InChI is InChI=1S/C17H19N3O3/c1-2-23-17(22)20-15-8-5-6-13(12-15)16(21)19-11-9-14-7-3-4-10-18-14/h3-8,10,12H,2,9,11H2,1H3,(H,19,21)(H,20,22). The number of benzene rings is 1. The summed E-state index contributed by atoms with van der Waals surface area (Å²) in [5.41, 5.74) is 1.91. The number of rotatable bonds is 6. The van der Waals surface area contributed by atoms with E-state index in [4.69, 9.17) is 4.74 Å². The van der Waals surface area contributed by atoms with Gasteiger partial charge in [0.1, 0.15) is 0 Å². The number of nitrogens with zero attached hydrogens (tertiary/aromatic N) is 1. The topological polar surface area (TPSA) is 80.3 Å². The smallest absolute Gasteiger partial charge is 0.411 e. The van der Waals surface area contributed by atoms with E-state index >= 15 is 0 Å². The Kier molecular flexibility index (Phi) is 6.11.